The number of anilines is 2. The third-order valence-corrected chi connectivity index (χ3v) is 2.75. The number of benzene rings is 1. The molecule has 2 rings (SSSR count). The number of nitrogens with zero attached hydrogens (tertiary/aromatic N) is 3. The maximum absolute atomic E-state index is 11.4. The van der Waals surface area contributed by atoms with E-state index in [1.165, 1.54) is 0 Å². The number of carbonyl (C=O) groups excluding carboxylic acids is 1. The lowest BCUT2D eigenvalue weighted by molar-refractivity contribution is -0.440. The zero-order valence-electron chi connectivity index (χ0n) is 10.2. The molecule has 0 spiro atoms. The second kappa shape index (κ2) is 4.99. The molecule has 0 atom stereocenters. The van der Waals surface area contributed by atoms with Crippen molar-refractivity contribution >= 4 is 34.3 Å². The first-order valence-corrected chi connectivity index (χ1v) is 5.50. The summed E-state index contributed by atoms with van der Waals surface area (Å²) >= 11 is 0. The van der Waals surface area contributed by atoms with Crippen LogP contribution in [0.1, 0.15) is 6.42 Å². The van der Waals surface area contributed by atoms with Crippen molar-refractivity contribution < 1.29 is 19.6 Å². The highest BCUT2D eigenvalue weighted by molar-refractivity contribution is 6.02. The van der Waals surface area contributed by atoms with Crippen LogP contribution in [-0.4, -0.2) is 27.2 Å². The Bertz CT molecular complexity index is 686. The van der Waals surface area contributed by atoms with E-state index in [0.29, 0.717) is 0 Å². The fourth-order valence-electron chi connectivity index (χ4n) is 1.92. The molecule has 0 bridgehead atoms. The smallest absolute Gasteiger partial charge is 0.382 e. The molecular formula is C9H7N5O7. The Labute approximate surface area is 115 Å². The molecule has 0 saturated heterocycles. The molecule has 12 nitrogen and oxygen atoms in total. The fraction of sp³-hybridized carbons (Fsp3) is 0.222. The molecule has 0 unspecified atom stereocenters. The third kappa shape index (κ3) is 2.41. The molecule has 21 heavy (non-hydrogen) atoms. The van der Waals surface area contributed by atoms with Gasteiger partial charge in [0.2, 0.25) is 5.91 Å². The van der Waals surface area contributed by atoms with Crippen molar-refractivity contribution in [3.8, 4) is 0 Å². The zero-order chi connectivity index (χ0) is 15.7. The van der Waals surface area contributed by atoms with Crippen molar-refractivity contribution in [2.45, 2.75) is 6.42 Å². The molecule has 0 radical (unpaired) electrons. The number of nitrogens with one attached hydrogen (secondary N) is 2. The third-order valence-electron chi connectivity index (χ3n) is 2.75. The van der Waals surface area contributed by atoms with Crippen molar-refractivity contribution in [2.75, 3.05) is 17.2 Å². The topological polar surface area (TPSA) is 171 Å². The van der Waals surface area contributed by atoms with Crippen LogP contribution < -0.4 is 10.6 Å². The van der Waals surface area contributed by atoms with Crippen LogP contribution in [0.4, 0.5) is 28.4 Å². The predicted octanol–water partition coefficient (Wildman–Crippen LogP) is 1.17. The summed E-state index contributed by atoms with van der Waals surface area (Å²) < 4.78 is 0. The molecule has 1 amide bonds. The standard InChI is InChI=1S/C9H7N5O7/c15-6-1-2-10-4-3-5(12(16)17)8(13(18)19)9(14(20)21)7(4)11-6/h3,10H,1-2H2,(H,11,15). The molecule has 0 saturated carbocycles. The van der Waals surface area contributed by atoms with Crippen LogP contribution >= 0.6 is 0 Å². The summed E-state index contributed by atoms with van der Waals surface area (Å²) in [5, 5.41) is 37.7. The van der Waals surface area contributed by atoms with Crippen LogP contribution in [0.2, 0.25) is 0 Å². The first-order chi connectivity index (χ1) is 9.82. The summed E-state index contributed by atoms with van der Waals surface area (Å²) in [7, 11) is 0. The SMILES string of the molecule is O=C1CCNc2cc([N+](=O)[O-])c([N+](=O)[O-])c([N+](=O)[O-])c2N1. The van der Waals surface area contributed by atoms with Crippen LogP contribution in [0.15, 0.2) is 6.07 Å². The fourth-order valence-corrected chi connectivity index (χ4v) is 1.92. The van der Waals surface area contributed by atoms with Gasteiger partial charge >= 0.3 is 17.1 Å². The van der Waals surface area contributed by atoms with Crippen molar-refractivity contribution in [1.29, 1.82) is 0 Å². The predicted molar refractivity (Wildman–Crippen MR) is 68.1 cm³/mol. The molecule has 1 aromatic carbocycles. The van der Waals surface area contributed by atoms with E-state index in [1.54, 1.807) is 0 Å². The summed E-state index contributed by atoms with van der Waals surface area (Å²) in [6.07, 6.45) is -0.0343. The summed E-state index contributed by atoms with van der Waals surface area (Å²) in [5.74, 6) is -0.590. The number of hydrogen-bond acceptors (Lipinski definition) is 8. The van der Waals surface area contributed by atoms with Crippen LogP contribution in [0.3, 0.4) is 0 Å². The molecule has 0 aromatic heterocycles. The Morgan fingerprint density at radius 2 is 1.62 bits per heavy atom. The van der Waals surface area contributed by atoms with E-state index in [9.17, 15) is 35.1 Å². The zero-order valence-corrected chi connectivity index (χ0v) is 10.2. The first kappa shape index (κ1) is 14.1. The van der Waals surface area contributed by atoms with Gasteiger partial charge in [-0.25, -0.2) is 0 Å². The van der Waals surface area contributed by atoms with Gasteiger partial charge in [-0.1, -0.05) is 0 Å². The average molecular weight is 297 g/mol. The Kier molecular flexibility index (Phi) is 3.35. The molecule has 12 heteroatoms. The highest BCUT2D eigenvalue weighted by Gasteiger charge is 2.42. The van der Waals surface area contributed by atoms with Crippen LogP contribution in [-0.2, 0) is 4.79 Å². The van der Waals surface area contributed by atoms with Gasteiger partial charge in [0.25, 0.3) is 0 Å². The Hall–Kier alpha value is -3.31. The molecule has 1 aliphatic heterocycles. The van der Waals surface area contributed by atoms with Crippen molar-refractivity contribution in [3.05, 3.63) is 36.4 Å². The summed E-state index contributed by atoms with van der Waals surface area (Å²) in [6, 6.07) is 0.798. The number of nitro benzene ring substituents is 3. The maximum atomic E-state index is 11.4. The van der Waals surface area contributed by atoms with Crippen molar-refractivity contribution in [1.82, 2.24) is 0 Å². The minimum atomic E-state index is -1.27. The average Bonchev–Trinajstić information content (AvgIpc) is 2.56. The molecular weight excluding hydrogens is 290 g/mol. The number of hydrogen-bond donors (Lipinski definition) is 2. The van der Waals surface area contributed by atoms with E-state index in [1.807, 2.05) is 0 Å². The van der Waals surface area contributed by atoms with E-state index in [4.69, 9.17) is 0 Å². The lowest BCUT2D eigenvalue weighted by atomic mass is 10.1. The molecule has 110 valence electrons. The normalized spacial score (nSPS) is 13.4. The second-order valence-electron chi connectivity index (χ2n) is 4.01. The van der Waals surface area contributed by atoms with Gasteiger partial charge < -0.3 is 10.6 Å². The van der Waals surface area contributed by atoms with Gasteiger partial charge in [0.05, 0.1) is 20.5 Å². The van der Waals surface area contributed by atoms with Gasteiger partial charge in [0.15, 0.2) is 5.69 Å². The highest BCUT2D eigenvalue weighted by atomic mass is 16.6. The lowest BCUT2D eigenvalue weighted by Gasteiger charge is -2.08. The Morgan fingerprint density at radius 1 is 1.00 bits per heavy atom. The summed E-state index contributed by atoms with van der Waals surface area (Å²) in [6.45, 7) is 0.0882. The van der Waals surface area contributed by atoms with Gasteiger partial charge in [-0.15, -0.1) is 0 Å². The Balaban J connectivity index is 2.86. The minimum Gasteiger partial charge on any atom is -0.382 e. The number of rotatable bonds is 3. The van der Waals surface area contributed by atoms with Crippen molar-refractivity contribution in [2.24, 2.45) is 0 Å². The van der Waals surface area contributed by atoms with Crippen LogP contribution in [0, 0.1) is 30.3 Å². The van der Waals surface area contributed by atoms with Crippen LogP contribution in [0.5, 0.6) is 0 Å². The summed E-state index contributed by atoms with van der Waals surface area (Å²) in [5.41, 5.74) is -3.96. The van der Waals surface area contributed by atoms with Gasteiger partial charge in [-0.05, 0) is 0 Å². The monoisotopic (exact) mass is 297 g/mol. The van der Waals surface area contributed by atoms with Crippen LogP contribution in [0.25, 0.3) is 0 Å². The number of amides is 1. The second-order valence-corrected chi connectivity index (χ2v) is 4.01. The molecule has 1 aliphatic rings. The number of fused-ring (bicyclic) bond motifs is 1. The lowest BCUT2D eigenvalue weighted by Crippen LogP contribution is -2.12. The van der Waals surface area contributed by atoms with E-state index in [0.717, 1.165) is 6.07 Å². The van der Waals surface area contributed by atoms with E-state index in [-0.39, 0.29) is 18.7 Å². The van der Waals surface area contributed by atoms with E-state index >= 15 is 0 Å². The van der Waals surface area contributed by atoms with Gasteiger partial charge in [0, 0.05) is 19.0 Å². The van der Waals surface area contributed by atoms with Gasteiger partial charge in [-0.2, -0.15) is 0 Å². The maximum Gasteiger partial charge on any atom is 0.424 e. The van der Waals surface area contributed by atoms with E-state index in [2.05, 4.69) is 10.6 Å². The summed E-state index contributed by atoms with van der Waals surface area (Å²) in [4.78, 5) is 41.0. The molecule has 0 aliphatic carbocycles. The minimum absolute atomic E-state index is 0.0343. The largest absolute Gasteiger partial charge is 0.424 e. The van der Waals surface area contributed by atoms with Gasteiger partial charge in [-0.3, -0.25) is 35.1 Å². The van der Waals surface area contributed by atoms with Gasteiger partial charge in [0.1, 0.15) is 0 Å². The highest BCUT2D eigenvalue weighted by Crippen LogP contribution is 2.47. The quantitative estimate of drug-likeness (QED) is 0.617. The van der Waals surface area contributed by atoms with E-state index < -0.39 is 43.4 Å². The molecule has 1 aromatic rings. The van der Waals surface area contributed by atoms with Crippen molar-refractivity contribution in [3.63, 3.8) is 0 Å². The number of nitro groups is 3. The Morgan fingerprint density at radius 3 is 2.14 bits per heavy atom. The number of carbonyl (C=O) groups is 1. The molecule has 2 N–H and O–H groups in total. The first-order valence-electron chi connectivity index (χ1n) is 5.50. The molecule has 0 fully saturated rings. The molecule has 1 heterocycles.